The third-order valence-electron chi connectivity index (χ3n) is 1.44. The first-order valence-corrected chi connectivity index (χ1v) is 4.50. The van der Waals surface area contributed by atoms with Gasteiger partial charge >= 0.3 is 0 Å². The molecule has 0 spiro atoms. The van der Waals surface area contributed by atoms with Crippen molar-refractivity contribution in [3.05, 3.63) is 0 Å². The fourth-order valence-corrected chi connectivity index (χ4v) is 1.09. The number of rotatable bonds is 5. The highest BCUT2D eigenvalue weighted by atomic mass is 32.1. The quantitative estimate of drug-likeness (QED) is 0.611. The second-order valence-electron chi connectivity index (χ2n) is 3.08. The molecule has 0 amide bonds. The minimum absolute atomic E-state index is 0.0531. The van der Waals surface area contributed by atoms with E-state index in [0.717, 1.165) is 18.8 Å². The molecular formula is C8H18OS. The first kappa shape index (κ1) is 10.3. The van der Waals surface area contributed by atoms with Gasteiger partial charge in [-0.3, -0.25) is 0 Å². The van der Waals surface area contributed by atoms with Crippen LogP contribution < -0.4 is 0 Å². The molecule has 2 heteroatoms. The van der Waals surface area contributed by atoms with Gasteiger partial charge in [-0.1, -0.05) is 13.3 Å². The van der Waals surface area contributed by atoms with Crippen LogP contribution in [0.3, 0.4) is 0 Å². The maximum absolute atomic E-state index is 5.54. The predicted octanol–water partition coefficient (Wildman–Crippen LogP) is 2.51. The summed E-state index contributed by atoms with van der Waals surface area (Å²) in [6.45, 7) is 7.18. The number of thiol groups is 1. The molecule has 0 radical (unpaired) electrons. The summed E-state index contributed by atoms with van der Waals surface area (Å²) in [5.74, 6) is 0.813. The standard InChI is InChI=1S/C8H18OS/c1-4-5-8(2,3)9-6-7-10/h10H,4-7H2,1-3H3. The van der Waals surface area contributed by atoms with E-state index in [1.807, 2.05) is 0 Å². The number of hydrogen-bond donors (Lipinski definition) is 1. The molecule has 62 valence electrons. The van der Waals surface area contributed by atoms with Gasteiger partial charge in [-0.05, 0) is 20.3 Å². The van der Waals surface area contributed by atoms with Crippen LogP contribution in [-0.2, 0) is 4.74 Å². The molecule has 0 heterocycles. The summed E-state index contributed by atoms with van der Waals surface area (Å²) in [5, 5.41) is 0. The summed E-state index contributed by atoms with van der Waals surface area (Å²) < 4.78 is 5.54. The zero-order chi connectivity index (χ0) is 8.04. The zero-order valence-electron chi connectivity index (χ0n) is 7.18. The van der Waals surface area contributed by atoms with E-state index in [1.165, 1.54) is 6.42 Å². The van der Waals surface area contributed by atoms with Gasteiger partial charge in [0.05, 0.1) is 12.2 Å². The summed E-state index contributed by atoms with van der Waals surface area (Å²) in [4.78, 5) is 0. The third kappa shape index (κ3) is 5.12. The Morgan fingerprint density at radius 3 is 2.40 bits per heavy atom. The molecule has 0 aromatic carbocycles. The minimum Gasteiger partial charge on any atom is -0.375 e. The fraction of sp³-hybridized carbons (Fsp3) is 1.00. The van der Waals surface area contributed by atoms with Crippen LogP contribution in [0.2, 0.25) is 0 Å². The molecule has 1 nitrogen and oxygen atoms in total. The summed E-state index contributed by atoms with van der Waals surface area (Å²) in [6, 6.07) is 0. The average Bonchev–Trinajstić information content (AvgIpc) is 1.84. The van der Waals surface area contributed by atoms with Crippen LogP contribution in [0.5, 0.6) is 0 Å². The van der Waals surface area contributed by atoms with Gasteiger partial charge in [0.15, 0.2) is 0 Å². The Balaban J connectivity index is 3.42. The van der Waals surface area contributed by atoms with E-state index in [2.05, 4.69) is 33.4 Å². The maximum atomic E-state index is 5.54. The Morgan fingerprint density at radius 2 is 2.00 bits per heavy atom. The SMILES string of the molecule is CCCC(C)(C)OCCS. The predicted molar refractivity (Wildman–Crippen MR) is 48.8 cm³/mol. The Labute approximate surface area is 69.6 Å². The summed E-state index contributed by atoms with van der Waals surface area (Å²) in [7, 11) is 0. The van der Waals surface area contributed by atoms with Crippen LogP contribution in [0.1, 0.15) is 33.6 Å². The third-order valence-corrected chi connectivity index (χ3v) is 1.62. The lowest BCUT2D eigenvalue weighted by molar-refractivity contribution is -0.0149. The van der Waals surface area contributed by atoms with Crippen LogP contribution in [0.25, 0.3) is 0 Å². The van der Waals surface area contributed by atoms with Crippen molar-refractivity contribution in [3.63, 3.8) is 0 Å². The first-order valence-electron chi connectivity index (χ1n) is 3.87. The highest BCUT2D eigenvalue weighted by Gasteiger charge is 2.15. The molecular weight excluding hydrogens is 144 g/mol. The van der Waals surface area contributed by atoms with E-state index in [-0.39, 0.29) is 5.60 Å². The van der Waals surface area contributed by atoms with E-state index in [4.69, 9.17) is 4.74 Å². The second-order valence-corrected chi connectivity index (χ2v) is 3.53. The highest BCUT2D eigenvalue weighted by Crippen LogP contribution is 2.15. The Kier molecular flexibility index (Phi) is 5.18. The minimum atomic E-state index is 0.0531. The van der Waals surface area contributed by atoms with E-state index in [0.29, 0.717) is 0 Å². The van der Waals surface area contributed by atoms with E-state index in [1.54, 1.807) is 0 Å². The summed E-state index contributed by atoms with van der Waals surface area (Å²) >= 11 is 4.08. The van der Waals surface area contributed by atoms with Gasteiger partial charge in [0.2, 0.25) is 0 Å². The number of ether oxygens (including phenoxy) is 1. The van der Waals surface area contributed by atoms with Crippen LogP contribution in [-0.4, -0.2) is 18.0 Å². The normalized spacial score (nSPS) is 12.0. The molecule has 0 bridgehead atoms. The molecule has 0 unspecified atom stereocenters. The summed E-state index contributed by atoms with van der Waals surface area (Å²) in [6.07, 6.45) is 2.31. The van der Waals surface area contributed by atoms with Crippen LogP contribution >= 0.6 is 12.6 Å². The highest BCUT2D eigenvalue weighted by molar-refractivity contribution is 7.80. The Bertz CT molecular complexity index is 81.3. The molecule has 0 rings (SSSR count). The molecule has 0 aromatic heterocycles. The molecule has 0 N–H and O–H groups in total. The van der Waals surface area contributed by atoms with Gasteiger partial charge in [-0.25, -0.2) is 0 Å². The van der Waals surface area contributed by atoms with Crippen LogP contribution in [0, 0.1) is 0 Å². The average molecular weight is 162 g/mol. The lowest BCUT2D eigenvalue weighted by atomic mass is 10.0. The van der Waals surface area contributed by atoms with Crippen molar-refractivity contribution in [3.8, 4) is 0 Å². The molecule has 0 aliphatic carbocycles. The fourth-order valence-electron chi connectivity index (χ4n) is 0.996. The maximum Gasteiger partial charge on any atom is 0.0626 e. The Hall–Kier alpha value is 0.310. The van der Waals surface area contributed by atoms with Crippen molar-refractivity contribution in [1.82, 2.24) is 0 Å². The van der Waals surface area contributed by atoms with Crippen molar-refractivity contribution in [2.45, 2.75) is 39.2 Å². The van der Waals surface area contributed by atoms with E-state index >= 15 is 0 Å². The van der Waals surface area contributed by atoms with Crippen molar-refractivity contribution in [2.75, 3.05) is 12.4 Å². The first-order chi connectivity index (χ1) is 4.62. The van der Waals surface area contributed by atoms with Gasteiger partial charge in [0.25, 0.3) is 0 Å². The van der Waals surface area contributed by atoms with Crippen molar-refractivity contribution < 1.29 is 4.74 Å². The van der Waals surface area contributed by atoms with Gasteiger partial charge in [-0.15, -0.1) is 0 Å². The molecule has 0 saturated carbocycles. The van der Waals surface area contributed by atoms with E-state index < -0.39 is 0 Å². The second kappa shape index (κ2) is 5.03. The zero-order valence-corrected chi connectivity index (χ0v) is 8.08. The smallest absolute Gasteiger partial charge is 0.0626 e. The lowest BCUT2D eigenvalue weighted by Crippen LogP contribution is -2.24. The van der Waals surface area contributed by atoms with Gasteiger partial charge < -0.3 is 4.74 Å². The number of hydrogen-bond acceptors (Lipinski definition) is 2. The van der Waals surface area contributed by atoms with Gasteiger partial charge in [0.1, 0.15) is 0 Å². The monoisotopic (exact) mass is 162 g/mol. The topological polar surface area (TPSA) is 9.23 Å². The van der Waals surface area contributed by atoms with E-state index in [9.17, 15) is 0 Å². The van der Waals surface area contributed by atoms with Gasteiger partial charge in [0, 0.05) is 5.75 Å². The molecule has 10 heavy (non-hydrogen) atoms. The molecule has 0 saturated heterocycles. The van der Waals surface area contributed by atoms with Gasteiger partial charge in [-0.2, -0.15) is 12.6 Å². The summed E-state index contributed by atoms with van der Waals surface area (Å²) in [5.41, 5.74) is 0.0531. The lowest BCUT2D eigenvalue weighted by Gasteiger charge is -2.24. The Morgan fingerprint density at radius 1 is 1.40 bits per heavy atom. The van der Waals surface area contributed by atoms with Crippen molar-refractivity contribution >= 4 is 12.6 Å². The molecule has 0 aliphatic rings. The molecule has 0 aliphatic heterocycles. The molecule has 0 aromatic rings. The van der Waals surface area contributed by atoms with Crippen molar-refractivity contribution in [1.29, 1.82) is 0 Å². The van der Waals surface area contributed by atoms with Crippen molar-refractivity contribution in [2.24, 2.45) is 0 Å². The van der Waals surface area contributed by atoms with Crippen LogP contribution in [0.4, 0.5) is 0 Å². The van der Waals surface area contributed by atoms with Crippen LogP contribution in [0.15, 0.2) is 0 Å². The largest absolute Gasteiger partial charge is 0.375 e. The molecule has 0 atom stereocenters. The molecule has 0 fully saturated rings.